The molecule has 11 heteroatoms. The topological polar surface area (TPSA) is 157 Å². The fourth-order valence-corrected chi connectivity index (χ4v) is 2.12. The Hall–Kier alpha value is -1.58. The molecule has 0 bridgehead atoms. The third-order valence-electron chi connectivity index (χ3n) is 2.60. The maximum Gasteiger partial charge on any atom is 0.356 e. The lowest BCUT2D eigenvalue weighted by Gasteiger charge is -2.16. The molecule has 2 aromatic heterocycles. The van der Waals surface area contributed by atoms with Gasteiger partial charge < -0.3 is 29.9 Å². The van der Waals surface area contributed by atoms with E-state index in [-0.39, 0.29) is 19.0 Å². The average molecular weight is 303 g/mol. The third-order valence-corrected chi connectivity index (χ3v) is 3.67. The summed E-state index contributed by atoms with van der Waals surface area (Å²) in [6.45, 7) is -0.529. The van der Waals surface area contributed by atoms with Crippen LogP contribution in [-0.4, -0.2) is 53.5 Å². The van der Waals surface area contributed by atoms with Crippen molar-refractivity contribution in [2.24, 2.45) is 0 Å². The monoisotopic (exact) mass is 303 g/mol. The molecule has 0 aliphatic heterocycles. The highest BCUT2D eigenvalue weighted by atomic mass is 31.2. The van der Waals surface area contributed by atoms with Crippen LogP contribution in [-0.2, 0) is 15.8 Å². The molecule has 0 fully saturated rings. The van der Waals surface area contributed by atoms with Crippen molar-refractivity contribution >= 4 is 24.6 Å². The van der Waals surface area contributed by atoms with Crippen LogP contribution < -0.4 is 5.73 Å². The van der Waals surface area contributed by atoms with Gasteiger partial charge >= 0.3 is 7.60 Å². The first-order valence-electron chi connectivity index (χ1n) is 5.62. The van der Waals surface area contributed by atoms with Crippen molar-refractivity contribution in [1.29, 1.82) is 0 Å². The minimum Gasteiger partial charge on any atom is -0.393 e. The standard InChI is InChI=1S/C9H14N5O5P/c10-8-7-9(12-4-11-8)14(5-13-7)1-2-19-6(3-15)20(16,17)18/h4-6,15H,1-3H2,(H2,10,11,12)(H2,16,17,18). The second-order valence-corrected chi connectivity index (χ2v) is 5.72. The van der Waals surface area contributed by atoms with E-state index in [4.69, 9.17) is 25.4 Å². The Kier molecular flexibility index (Phi) is 4.31. The summed E-state index contributed by atoms with van der Waals surface area (Å²) in [5, 5.41) is 8.85. The number of aliphatic hydroxyl groups excluding tert-OH is 1. The van der Waals surface area contributed by atoms with E-state index in [0.29, 0.717) is 11.2 Å². The number of aliphatic hydroxyl groups is 1. The van der Waals surface area contributed by atoms with Crippen LogP contribution in [0, 0.1) is 0 Å². The molecule has 1 atom stereocenters. The van der Waals surface area contributed by atoms with E-state index in [2.05, 4.69) is 15.0 Å². The number of hydrogen-bond donors (Lipinski definition) is 4. The lowest BCUT2D eigenvalue weighted by molar-refractivity contribution is 0.0422. The van der Waals surface area contributed by atoms with Crippen LogP contribution >= 0.6 is 7.60 Å². The number of rotatable bonds is 6. The summed E-state index contributed by atoms with van der Waals surface area (Å²) in [4.78, 5) is 29.7. The molecule has 1 unspecified atom stereocenters. The molecule has 2 heterocycles. The highest BCUT2D eigenvalue weighted by Crippen LogP contribution is 2.41. The van der Waals surface area contributed by atoms with Crippen LogP contribution in [0.4, 0.5) is 5.82 Å². The van der Waals surface area contributed by atoms with Crippen LogP contribution in [0.2, 0.25) is 0 Å². The first kappa shape index (κ1) is 14.8. The number of nitrogens with two attached hydrogens (primary N) is 1. The Morgan fingerprint density at radius 3 is 2.80 bits per heavy atom. The summed E-state index contributed by atoms with van der Waals surface area (Å²) >= 11 is 0. The van der Waals surface area contributed by atoms with Crippen molar-refractivity contribution in [3.8, 4) is 0 Å². The molecule has 0 aliphatic rings. The van der Waals surface area contributed by atoms with Gasteiger partial charge in [0.2, 0.25) is 0 Å². The largest absolute Gasteiger partial charge is 0.393 e. The van der Waals surface area contributed by atoms with Crippen molar-refractivity contribution in [3.05, 3.63) is 12.7 Å². The van der Waals surface area contributed by atoms with Crippen molar-refractivity contribution in [3.63, 3.8) is 0 Å². The van der Waals surface area contributed by atoms with E-state index in [1.807, 2.05) is 0 Å². The van der Waals surface area contributed by atoms with Gasteiger partial charge in [-0.05, 0) is 0 Å². The first-order chi connectivity index (χ1) is 9.43. The molecule has 0 saturated heterocycles. The minimum absolute atomic E-state index is 0.0221. The predicted molar refractivity (Wildman–Crippen MR) is 68.6 cm³/mol. The maximum absolute atomic E-state index is 11.0. The molecule has 0 saturated carbocycles. The zero-order valence-electron chi connectivity index (χ0n) is 10.3. The molecule has 0 amide bonds. The second kappa shape index (κ2) is 5.81. The van der Waals surface area contributed by atoms with Crippen molar-refractivity contribution in [2.75, 3.05) is 18.9 Å². The molecule has 20 heavy (non-hydrogen) atoms. The number of imidazole rings is 1. The van der Waals surface area contributed by atoms with Gasteiger partial charge in [0, 0.05) is 6.54 Å². The molecule has 0 spiro atoms. The maximum atomic E-state index is 11.0. The van der Waals surface area contributed by atoms with Gasteiger partial charge in [0.1, 0.15) is 11.8 Å². The number of aromatic nitrogens is 4. The Balaban J connectivity index is 2.03. The highest BCUT2D eigenvalue weighted by molar-refractivity contribution is 7.52. The Morgan fingerprint density at radius 1 is 1.40 bits per heavy atom. The molecular weight excluding hydrogens is 289 g/mol. The van der Waals surface area contributed by atoms with Gasteiger partial charge in [-0.1, -0.05) is 0 Å². The first-order valence-corrected chi connectivity index (χ1v) is 7.30. The normalized spacial score (nSPS) is 13.8. The van der Waals surface area contributed by atoms with E-state index in [0.717, 1.165) is 0 Å². The van der Waals surface area contributed by atoms with Gasteiger partial charge in [0.15, 0.2) is 17.3 Å². The number of fused-ring (bicyclic) bond motifs is 1. The summed E-state index contributed by atoms with van der Waals surface area (Å²) in [5.74, 6) is -1.28. The van der Waals surface area contributed by atoms with Crippen LogP contribution in [0.15, 0.2) is 12.7 Å². The average Bonchev–Trinajstić information content (AvgIpc) is 2.78. The van der Waals surface area contributed by atoms with Gasteiger partial charge in [0.25, 0.3) is 0 Å². The van der Waals surface area contributed by atoms with Crippen molar-refractivity contribution in [1.82, 2.24) is 19.5 Å². The van der Waals surface area contributed by atoms with Gasteiger partial charge in [-0.3, -0.25) is 4.57 Å². The highest BCUT2D eigenvalue weighted by Gasteiger charge is 2.28. The molecule has 2 aromatic rings. The van der Waals surface area contributed by atoms with Crippen LogP contribution in [0.5, 0.6) is 0 Å². The quantitative estimate of drug-likeness (QED) is 0.487. The lowest BCUT2D eigenvalue weighted by atomic mass is 10.5. The molecule has 5 N–H and O–H groups in total. The lowest BCUT2D eigenvalue weighted by Crippen LogP contribution is -2.20. The molecular formula is C9H14N5O5P. The SMILES string of the molecule is Nc1ncnc2c1ncn2CCOC(CO)P(=O)(O)O. The van der Waals surface area contributed by atoms with E-state index in [1.54, 1.807) is 4.57 Å². The molecule has 0 radical (unpaired) electrons. The number of hydrogen-bond acceptors (Lipinski definition) is 7. The van der Waals surface area contributed by atoms with E-state index in [9.17, 15) is 4.57 Å². The van der Waals surface area contributed by atoms with Crippen LogP contribution in [0.1, 0.15) is 0 Å². The van der Waals surface area contributed by atoms with Crippen LogP contribution in [0.25, 0.3) is 11.2 Å². The van der Waals surface area contributed by atoms with Crippen LogP contribution in [0.3, 0.4) is 0 Å². The Labute approximate surface area is 113 Å². The van der Waals surface area contributed by atoms with Gasteiger partial charge in [0.05, 0.1) is 19.5 Å². The summed E-state index contributed by atoms with van der Waals surface area (Å²) in [5.41, 5.74) is 6.57. The van der Waals surface area contributed by atoms with Gasteiger partial charge in [-0.25, -0.2) is 15.0 Å². The summed E-state index contributed by atoms with van der Waals surface area (Å²) in [6, 6.07) is 0. The van der Waals surface area contributed by atoms with E-state index < -0.39 is 20.0 Å². The number of anilines is 1. The molecule has 10 nitrogen and oxygen atoms in total. The van der Waals surface area contributed by atoms with Gasteiger partial charge in [-0.2, -0.15) is 0 Å². The second-order valence-electron chi connectivity index (χ2n) is 3.97. The third kappa shape index (κ3) is 3.11. The molecule has 110 valence electrons. The molecule has 0 aliphatic carbocycles. The Bertz CT molecular complexity index is 641. The smallest absolute Gasteiger partial charge is 0.356 e. The summed E-state index contributed by atoms with van der Waals surface area (Å²) < 4.78 is 17.5. The fraction of sp³-hybridized carbons (Fsp3) is 0.444. The van der Waals surface area contributed by atoms with E-state index in [1.165, 1.54) is 12.7 Å². The predicted octanol–water partition coefficient (Wildman–Crippen LogP) is -1.08. The molecule has 2 rings (SSSR count). The fourth-order valence-electron chi connectivity index (χ4n) is 1.61. The van der Waals surface area contributed by atoms with Crippen molar-refractivity contribution < 1.29 is 24.2 Å². The summed E-state index contributed by atoms with van der Waals surface area (Å²) in [7, 11) is -4.48. The minimum atomic E-state index is -4.48. The Morgan fingerprint density at radius 2 is 2.15 bits per heavy atom. The zero-order valence-corrected chi connectivity index (χ0v) is 11.2. The van der Waals surface area contributed by atoms with E-state index >= 15 is 0 Å². The number of nitrogen functional groups attached to an aromatic ring is 1. The number of nitrogens with zero attached hydrogens (tertiary/aromatic N) is 4. The molecule has 0 aromatic carbocycles. The number of ether oxygens (including phenoxy) is 1. The van der Waals surface area contributed by atoms with Gasteiger partial charge in [-0.15, -0.1) is 0 Å². The van der Waals surface area contributed by atoms with Crippen molar-refractivity contribution in [2.45, 2.75) is 12.4 Å². The zero-order chi connectivity index (χ0) is 14.8. The summed E-state index contributed by atoms with van der Waals surface area (Å²) in [6.07, 6.45) is 2.77.